The zero-order valence-corrected chi connectivity index (χ0v) is 14.8. The summed E-state index contributed by atoms with van der Waals surface area (Å²) in [6, 6.07) is 7.46. The molecule has 1 aliphatic carbocycles. The van der Waals surface area contributed by atoms with E-state index in [1.807, 2.05) is 29.2 Å². The van der Waals surface area contributed by atoms with E-state index >= 15 is 0 Å². The fourth-order valence-electron chi connectivity index (χ4n) is 3.21. The molecule has 0 aromatic heterocycles. The number of nitrogens with one attached hydrogen (secondary N) is 2. The zero-order chi connectivity index (χ0) is 17.6. The Kier molecular flexibility index (Phi) is 5.91. The van der Waals surface area contributed by atoms with Crippen molar-refractivity contribution in [2.75, 3.05) is 18.4 Å². The van der Waals surface area contributed by atoms with E-state index < -0.39 is 0 Å². The molecule has 2 N–H and O–H groups in total. The van der Waals surface area contributed by atoms with E-state index in [4.69, 9.17) is 4.74 Å². The molecule has 0 radical (unpaired) electrons. The summed E-state index contributed by atoms with van der Waals surface area (Å²) in [4.78, 5) is 25.3. The van der Waals surface area contributed by atoms with Crippen LogP contribution in [0.2, 0.25) is 0 Å². The second kappa shape index (κ2) is 8.34. The first-order chi connectivity index (χ1) is 12.1. The molecule has 1 aliphatic heterocycles. The molecule has 1 heterocycles. The van der Waals surface area contributed by atoms with E-state index in [0.29, 0.717) is 19.2 Å². The van der Waals surface area contributed by atoms with Gasteiger partial charge in [0.1, 0.15) is 0 Å². The van der Waals surface area contributed by atoms with Crippen LogP contribution in [-0.4, -0.2) is 42.1 Å². The van der Waals surface area contributed by atoms with Crippen LogP contribution in [0.4, 0.5) is 10.5 Å². The quantitative estimate of drug-likeness (QED) is 0.862. The molecule has 6 nitrogen and oxygen atoms in total. The Hall–Kier alpha value is -2.08. The van der Waals surface area contributed by atoms with Crippen molar-refractivity contribution in [1.29, 1.82) is 0 Å². The summed E-state index contributed by atoms with van der Waals surface area (Å²) in [6.45, 7) is 3.43. The van der Waals surface area contributed by atoms with Gasteiger partial charge in [-0.2, -0.15) is 0 Å². The molecule has 1 unspecified atom stereocenters. The maximum Gasteiger partial charge on any atom is 0.317 e. The van der Waals surface area contributed by atoms with E-state index in [-0.39, 0.29) is 18.0 Å². The predicted molar refractivity (Wildman–Crippen MR) is 96.3 cm³/mol. The van der Waals surface area contributed by atoms with E-state index in [2.05, 4.69) is 10.6 Å². The third kappa shape index (κ3) is 5.19. The third-order valence-electron chi connectivity index (χ3n) is 4.82. The van der Waals surface area contributed by atoms with Crippen LogP contribution in [0, 0.1) is 0 Å². The number of urea groups is 1. The molecule has 1 saturated carbocycles. The van der Waals surface area contributed by atoms with Gasteiger partial charge < -0.3 is 20.3 Å². The number of ether oxygens (including phenoxy) is 1. The Balaban J connectivity index is 1.44. The molecule has 1 atom stereocenters. The molecule has 1 saturated heterocycles. The average molecular weight is 345 g/mol. The minimum absolute atomic E-state index is 0.0344. The lowest BCUT2D eigenvalue weighted by Crippen LogP contribution is -2.48. The van der Waals surface area contributed by atoms with E-state index in [0.717, 1.165) is 43.5 Å². The number of carbonyl (C=O) groups is 2. The van der Waals surface area contributed by atoms with Gasteiger partial charge in [-0.25, -0.2) is 4.79 Å². The van der Waals surface area contributed by atoms with Crippen molar-refractivity contribution in [3.63, 3.8) is 0 Å². The number of rotatable bonds is 5. The Bertz CT molecular complexity index is 598. The second-order valence-corrected chi connectivity index (χ2v) is 6.94. The number of benzene rings is 1. The van der Waals surface area contributed by atoms with Crippen molar-refractivity contribution in [3.05, 3.63) is 29.8 Å². The monoisotopic (exact) mass is 345 g/mol. The van der Waals surface area contributed by atoms with E-state index in [9.17, 15) is 9.59 Å². The van der Waals surface area contributed by atoms with E-state index in [1.165, 1.54) is 13.3 Å². The van der Waals surface area contributed by atoms with Gasteiger partial charge in [-0.15, -0.1) is 0 Å². The Morgan fingerprint density at radius 2 is 1.84 bits per heavy atom. The lowest BCUT2D eigenvalue weighted by molar-refractivity contribution is -0.114. The summed E-state index contributed by atoms with van der Waals surface area (Å²) in [7, 11) is 0. The van der Waals surface area contributed by atoms with Crippen LogP contribution >= 0.6 is 0 Å². The van der Waals surface area contributed by atoms with Gasteiger partial charge in [0.2, 0.25) is 5.91 Å². The summed E-state index contributed by atoms with van der Waals surface area (Å²) in [5.74, 6) is -0.0928. The minimum Gasteiger partial charge on any atom is -0.373 e. The van der Waals surface area contributed by atoms with Gasteiger partial charge in [0, 0.05) is 32.2 Å². The number of hydrogen-bond donors (Lipinski definition) is 2. The molecule has 136 valence electrons. The number of hydrogen-bond acceptors (Lipinski definition) is 3. The SMILES string of the molecule is CC(=O)Nc1ccc(CNC(=O)N2CCCC(OC3CCC3)C2)cc1. The summed E-state index contributed by atoms with van der Waals surface area (Å²) in [5.41, 5.74) is 1.76. The number of amides is 3. The highest BCUT2D eigenvalue weighted by atomic mass is 16.5. The number of carbonyl (C=O) groups excluding carboxylic acids is 2. The highest BCUT2D eigenvalue weighted by Gasteiger charge is 2.28. The highest BCUT2D eigenvalue weighted by molar-refractivity contribution is 5.88. The normalized spacial score (nSPS) is 20.7. The van der Waals surface area contributed by atoms with Crippen LogP contribution in [-0.2, 0) is 16.1 Å². The van der Waals surface area contributed by atoms with Crippen molar-refractivity contribution >= 4 is 17.6 Å². The smallest absolute Gasteiger partial charge is 0.317 e. The molecule has 2 aliphatic rings. The van der Waals surface area contributed by atoms with Crippen LogP contribution in [0.15, 0.2) is 24.3 Å². The van der Waals surface area contributed by atoms with Gasteiger partial charge in [-0.05, 0) is 49.8 Å². The fraction of sp³-hybridized carbons (Fsp3) is 0.579. The standard InChI is InChI=1S/C19H27N3O3/c1-14(23)21-16-9-7-15(8-10-16)12-20-19(24)22-11-3-6-18(13-22)25-17-4-2-5-17/h7-10,17-18H,2-6,11-13H2,1H3,(H,20,24)(H,21,23). The second-order valence-electron chi connectivity index (χ2n) is 6.94. The third-order valence-corrected chi connectivity index (χ3v) is 4.82. The Labute approximate surface area is 148 Å². The number of piperidine rings is 1. The molecule has 2 fully saturated rings. The average Bonchev–Trinajstić information content (AvgIpc) is 2.57. The van der Waals surface area contributed by atoms with Gasteiger partial charge in [0.15, 0.2) is 0 Å². The minimum atomic E-state index is -0.0928. The first-order valence-electron chi connectivity index (χ1n) is 9.15. The molecule has 0 bridgehead atoms. The van der Waals surface area contributed by atoms with E-state index in [1.54, 1.807) is 0 Å². The van der Waals surface area contributed by atoms with Gasteiger partial charge in [0.25, 0.3) is 0 Å². The van der Waals surface area contributed by atoms with Crippen molar-refractivity contribution in [3.8, 4) is 0 Å². The molecule has 6 heteroatoms. The van der Waals surface area contributed by atoms with Crippen molar-refractivity contribution < 1.29 is 14.3 Å². The van der Waals surface area contributed by atoms with Gasteiger partial charge >= 0.3 is 6.03 Å². The predicted octanol–water partition coefficient (Wildman–Crippen LogP) is 2.89. The van der Waals surface area contributed by atoms with Gasteiger partial charge in [-0.1, -0.05) is 12.1 Å². The van der Waals surface area contributed by atoms with Crippen LogP contribution in [0.3, 0.4) is 0 Å². The van der Waals surface area contributed by atoms with Crippen LogP contribution in [0.1, 0.15) is 44.6 Å². The molecule has 3 amide bonds. The first kappa shape index (κ1) is 17.7. The maximum atomic E-state index is 12.4. The van der Waals surface area contributed by atoms with Crippen LogP contribution < -0.4 is 10.6 Å². The summed E-state index contributed by atoms with van der Waals surface area (Å²) in [6.07, 6.45) is 6.23. The van der Waals surface area contributed by atoms with Crippen LogP contribution in [0.25, 0.3) is 0 Å². The van der Waals surface area contributed by atoms with Crippen molar-refractivity contribution in [1.82, 2.24) is 10.2 Å². The summed E-state index contributed by atoms with van der Waals surface area (Å²) in [5, 5.41) is 5.70. The summed E-state index contributed by atoms with van der Waals surface area (Å²) < 4.78 is 6.06. The van der Waals surface area contributed by atoms with Crippen LogP contribution in [0.5, 0.6) is 0 Å². The van der Waals surface area contributed by atoms with Gasteiger partial charge in [-0.3, -0.25) is 4.79 Å². The largest absolute Gasteiger partial charge is 0.373 e. The zero-order valence-electron chi connectivity index (χ0n) is 14.8. The first-order valence-corrected chi connectivity index (χ1v) is 9.15. The molecule has 0 spiro atoms. The fourth-order valence-corrected chi connectivity index (χ4v) is 3.21. The molecule has 1 aromatic rings. The van der Waals surface area contributed by atoms with Crippen molar-refractivity contribution in [2.24, 2.45) is 0 Å². The highest BCUT2D eigenvalue weighted by Crippen LogP contribution is 2.26. The lowest BCUT2D eigenvalue weighted by atomic mass is 9.95. The molecular formula is C19H27N3O3. The molecule has 1 aromatic carbocycles. The number of likely N-dealkylation sites (tertiary alicyclic amines) is 1. The molecule has 25 heavy (non-hydrogen) atoms. The summed E-state index contributed by atoms with van der Waals surface area (Å²) >= 11 is 0. The topological polar surface area (TPSA) is 70.7 Å². The maximum absolute atomic E-state index is 12.4. The number of anilines is 1. The Morgan fingerprint density at radius 3 is 2.48 bits per heavy atom. The van der Waals surface area contributed by atoms with Gasteiger partial charge in [0.05, 0.1) is 12.2 Å². The Morgan fingerprint density at radius 1 is 1.12 bits per heavy atom. The van der Waals surface area contributed by atoms with Crippen molar-refractivity contribution in [2.45, 2.75) is 57.8 Å². The number of nitrogens with zero attached hydrogens (tertiary/aromatic N) is 1. The molecule has 3 rings (SSSR count). The molecular weight excluding hydrogens is 318 g/mol. The lowest BCUT2D eigenvalue weighted by Gasteiger charge is -2.37.